The summed E-state index contributed by atoms with van der Waals surface area (Å²) in [5.74, 6) is -2.36. The second kappa shape index (κ2) is 37.4. The Morgan fingerprint density at radius 1 is 0.528 bits per heavy atom. The molecule has 12 heteroatoms. The number of aliphatic hydroxyl groups excluding tert-OH is 1. The highest BCUT2D eigenvalue weighted by molar-refractivity contribution is 7.47. The first kappa shape index (κ1) is 51.5. The summed E-state index contributed by atoms with van der Waals surface area (Å²) in [7, 11) is -4.74. The van der Waals surface area contributed by atoms with Gasteiger partial charge in [-0.2, -0.15) is 0 Å². The van der Waals surface area contributed by atoms with Gasteiger partial charge in [0.15, 0.2) is 6.04 Å². The van der Waals surface area contributed by atoms with Gasteiger partial charge in [-0.15, -0.1) is 0 Å². The fourth-order valence-electron chi connectivity index (χ4n) is 6.26. The van der Waals surface area contributed by atoms with Crippen LogP contribution in [0.3, 0.4) is 0 Å². The van der Waals surface area contributed by atoms with Gasteiger partial charge in [-0.3, -0.25) is 18.6 Å². The van der Waals surface area contributed by atoms with E-state index in [9.17, 15) is 34.1 Å². The molecule has 0 aliphatic heterocycles. The summed E-state index contributed by atoms with van der Waals surface area (Å²) in [6.07, 6.45) is 34.4. The fourth-order valence-corrected chi connectivity index (χ4v) is 7.03. The molecule has 0 rings (SSSR count). The molecule has 0 spiro atoms. The number of aliphatic carboxylic acids is 1. The first-order chi connectivity index (χ1) is 25.6. The van der Waals surface area contributed by atoms with Gasteiger partial charge in [-0.25, -0.2) is 9.36 Å². The molecule has 0 saturated carbocycles. The number of hydrogen-bond acceptors (Lipinski definition) is 8. The van der Waals surface area contributed by atoms with Crippen LogP contribution >= 0.6 is 7.82 Å². The number of aliphatic hydroxyl groups is 1. The van der Waals surface area contributed by atoms with E-state index in [1.54, 1.807) is 0 Å². The number of carboxylic acid groups (broad SMARTS) is 1. The number of nitrogens with one attached hydrogen (secondary N) is 1. The Hall–Kier alpha value is -1.52. The lowest BCUT2D eigenvalue weighted by Gasteiger charge is -2.18. The largest absolute Gasteiger partial charge is 0.480 e. The molecule has 0 aromatic heterocycles. The molecular weight excluding hydrogens is 697 g/mol. The van der Waals surface area contributed by atoms with Crippen LogP contribution in [0.15, 0.2) is 0 Å². The molecule has 11 nitrogen and oxygen atoms in total. The molecule has 314 valence electrons. The third-order valence-corrected chi connectivity index (χ3v) is 10.6. The van der Waals surface area contributed by atoms with Crippen LogP contribution in [0.2, 0.25) is 0 Å². The number of phosphoric ester groups is 1. The van der Waals surface area contributed by atoms with E-state index in [2.05, 4.69) is 19.2 Å². The Bertz CT molecular complexity index is 921. The Morgan fingerprint density at radius 2 is 0.868 bits per heavy atom. The normalized spacial score (nSPS) is 13.7. The van der Waals surface area contributed by atoms with Gasteiger partial charge in [0.05, 0.1) is 13.2 Å². The SMILES string of the molecule is CCCCCCCCCCCCCCCCCCCCCCC(=O)OCC(O)COP(=O)(O)OCC(NC(=O)CCCCCCCCCCC)C(=O)O. The van der Waals surface area contributed by atoms with Gasteiger partial charge in [-0.05, 0) is 12.8 Å². The van der Waals surface area contributed by atoms with Gasteiger partial charge in [0.2, 0.25) is 5.91 Å². The molecule has 0 heterocycles. The van der Waals surface area contributed by atoms with Crippen LogP contribution in [0, 0.1) is 0 Å². The molecule has 4 N–H and O–H groups in total. The molecule has 0 radical (unpaired) electrons. The smallest absolute Gasteiger partial charge is 0.472 e. The number of ether oxygens (including phenoxy) is 1. The highest BCUT2D eigenvalue weighted by atomic mass is 31.2. The Kier molecular flexibility index (Phi) is 36.3. The molecule has 3 unspecified atom stereocenters. The summed E-state index contributed by atoms with van der Waals surface area (Å²) in [6.45, 7) is 2.58. The fraction of sp³-hybridized carbons (Fsp3) is 0.927. The predicted octanol–water partition coefficient (Wildman–Crippen LogP) is 10.7. The van der Waals surface area contributed by atoms with E-state index in [0.29, 0.717) is 12.8 Å². The van der Waals surface area contributed by atoms with Crippen molar-refractivity contribution in [2.75, 3.05) is 19.8 Å². The summed E-state index contributed by atoms with van der Waals surface area (Å²) in [6, 6.07) is -1.54. The van der Waals surface area contributed by atoms with Crippen LogP contribution in [-0.2, 0) is 32.7 Å². The number of rotatable bonds is 41. The first-order valence-corrected chi connectivity index (χ1v) is 23.1. The van der Waals surface area contributed by atoms with Crippen molar-refractivity contribution in [1.82, 2.24) is 5.32 Å². The molecule has 0 saturated heterocycles. The van der Waals surface area contributed by atoms with Crippen LogP contribution in [-0.4, -0.2) is 64.9 Å². The molecular formula is C41H80NO10P. The van der Waals surface area contributed by atoms with E-state index in [0.717, 1.165) is 38.5 Å². The second-order valence-corrected chi connectivity index (χ2v) is 16.4. The molecule has 53 heavy (non-hydrogen) atoms. The molecule has 3 atom stereocenters. The maximum absolute atomic E-state index is 12.2. The monoisotopic (exact) mass is 778 g/mol. The number of carbonyl (C=O) groups excluding carboxylic acids is 2. The van der Waals surface area contributed by atoms with E-state index in [1.165, 1.54) is 135 Å². The van der Waals surface area contributed by atoms with Crippen molar-refractivity contribution < 1.29 is 47.8 Å². The van der Waals surface area contributed by atoms with Gasteiger partial charge < -0.3 is 25.2 Å². The number of esters is 1. The summed E-state index contributed by atoms with van der Waals surface area (Å²) >= 11 is 0. The highest BCUT2D eigenvalue weighted by Gasteiger charge is 2.28. The zero-order chi connectivity index (χ0) is 39.3. The van der Waals surface area contributed by atoms with Gasteiger partial charge in [0, 0.05) is 12.8 Å². The standard InChI is InChI=1S/C41H80NO10P/c1-3-5-7-9-11-13-14-15-16-17-18-19-20-21-22-23-25-27-29-31-33-40(45)50-34-37(43)35-51-53(48,49)52-36-38(41(46)47)42-39(44)32-30-28-26-24-12-10-8-6-4-2/h37-38,43H,3-36H2,1-2H3,(H,42,44)(H,46,47)(H,48,49). The van der Waals surface area contributed by atoms with E-state index in [-0.39, 0.29) is 12.8 Å². The average Bonchev–Trinajstić information content (AvgIpc) is 3.13. The van der Waals surface area contributed by atoms with Crippen molar-refractivity contribution >= 4 is 25.7 Å². The zero-order valence-electron chi connectivity index (χ0n) is 33.8. The second-order valence-electron chi connectivity index (χ2n) is 14.9. The third kappa shape index (κ3) is 37.2. The topological polar surface area (TPSA) is 169 Å². The van der Waals surface area contributed by atoms with Crippen LogP contribution in [0.25, 0.3) is 0 Å². The quantitative estimate of drug-likeness (QED) is 0.0266. The molecule has 0 fully saturated rings. The van der Waals surface area contributed by atoms with Crippen molar-refractivity contribution in [3.63, 3.8) is 0 Å². The van der Waals surface area contributed by atoms with Crippen molar-refractivity contribution in [2.24, 2.45) is 0 Å². The highest BCUT2D eigenvalue weighted by Crippen LogP contribution is 2.43. The van der Waals surface area contributed by atoms with Gasteiger partial charge in [-0.1, -0.05) is 187 Å². The summed E-state index contributed by atoms with van der Waals surface area (Å²) in [4.78, 5) is 45.7. The average molecular weight is 778 g/mol. The predicted molar refractivity (Wildman–Crippen MR) is 213 cm³/mol. The summed E-state index contributed by atoms with van der Waals surface area (Å²) < 4.78 is 26.8. The maximum atomic E-state index is 12.2. The molecule has 0 aromatic rings. The van der Waals surface area contributed by atoms with Crippen molar-refractivity contribution in [3.05, 3.63) is 0 Å². The number of carboxylic acids is 1. The van der Waals surface area contributed by atoms with Gasteiger partial charge >= 0.3 is 19.8 Å². The third-order valence-electron chi connectivity index (χ3n) is 9.65. The minimum absolute atomic E-state index is 0.150. The number of carbonyl (C=O) groups is 3. The zero-order valence-corrected chi connectivity index (χ0v) is 34.7. The van der Waals surface area contributed by atoms with Gasteiger partial charge in [0.1, 0.15) is 12.7 Å². The number of phosphoric acid groups is 1. The lowest BCUT2D eigenvalue weighted by Crippen LogP contribution is -2.43. The molecule has 0 aliphatic rings. The summed E-state index contributed by atoms with van der Waals surface area (Å²) in [5, 5.41) is 21.7. The van der Waals surface area contributed by atoms with Crippen LogP contribution < -0.4 is 5.32 Å². The molecule has 0 aromatic carbocycles. The lowest BCUT2D eigenvalue weighted by molar-refractivity contribution is -0.147. The molecule has 0 aliphatic carbocycles. The Labute approximate surface area is 323 Å². The number of hydrogen-bond donors (Lipinski definition) is 4. The van der Waals surface area contributed by atoms with E-state index in [4.69, 9.17) is 13.8 Å². The Balaban J connectivity index is 3.79. The first-order valence-electron chi connectivity index (χ1n) is 21.6. The van der Waals surface area contributed by atoms with Crippen molar-refractivity contribution in [2.45, 2.75) is 225 Å². The summed E-state index contributed by atoms with van der Waals surface area (Å²) in [5.41, 5.74) is 0. The van der Waals surface area contributed by atoms with Crippen molar-refractivity contribution in [3.8, 4) is 0 Å². The lowest BCUT2D eigenvalue weighted by atomic mass is 10.0. The maximum Gasteiger partial charge on any atom is 0.472 e. The van der Waals surface area contributed by atoms with Crippen LogP contribution in [0.4, 0.5) is 0 Å². The minimum atomic E-state index is -4.74. The van der Waals surface area contributed by atoms with Crippen LogP contribution in [0.1, 0.15) is 213 Å². The molecule has 1 amide bonds. The van der Waals surface area contributed by atoms with E-state index >= 15 is 0 Å². The van der Waals surface area contributed by atoms with E-state index < -0.39 is 57.6 Å². The molecule has 0 bridgehead atoms. The van der Waals surface area contributed by atoms with Gasteiger partial charge in [0.25, 0.3) is 0 Å². The minimum Gasteiger partial charge on any atom is -0.480 e. The van der Waals surface area contributed by atoms with Crippen LogP contribution in [0.5, 0.6) is 0 Å². The van der Waals surface area contributed by atoms with Crippen molar-refractivity contribution in [1.29, 1.82) is 0 Å². The number of unbranched alkanes of at least 4 members (excludes halogenated alkanes) is 27. The number of amides is 1. The Morgan fingerprint density at radius 3 is 1.25 bits per heavy atom. The van der Waals surface area contributed by atoms with E-state index in [1.807, 2.05) is 0 Å².